The van der Waals surface area contributed by atoms with Gasteiger partial charge in [0.1, 0.15) is 30.1 Å². The van der Waals surface area contributed by atoms with E-state index in [1.165, 1.54) is 28.2 Å². The highest BCUT2D eigenvalue weighted by molar-refractivity contribution is 7.89. The number of carbonyl (C=O) groups is 5. The average Bonchev–Trinajstić information content (AvgIpc) is 3.36. The summed E-state index contributed by atoms with van der Waals surface area (Å²) in [4.78, 5) is 71.0. The lowest BCUT2D eigenvalue weighted by atomic mass is 9.78. The number of methoxy groups -OCH3 is 3. The van der Waals surface area contributed by atoms with Gasteiger partial charge in [-0.3, -0.25) is 19.2 Å². The summed E-state index contributed by atoms with van der Waals surface area (Å²) in [6.07, 6.45) is 9.27. The molecule has 4 N–H and O–H groups in total. The van der Waals surface area contributed by atoms with E-state index < -0.39 is 93.6 Å². The van der Waals surface area contributed by atoms with E-state index >= 15 is 0 Å². The highest BCUT2D eigenvalue weighted by atomic mass is 32.2. The number of nitrogens with one attached hydrogen (secondary N) is 1. The first-order chi connectivity index (χ1) is 34.9. The molecule has 0 aromatic carbocycles. The van der Waals surface area contributed by atoms with E-state index in [9.17, 15) is 47.7 Å². The molecular weight excluding hydrogens is 981 g/mol. The molecule has 14 atom stereocenters. The van der Waals surface area contributed by atoms with Gasteiger partial charge < -0.3 is 53.4 Å². The second-order valence-electron chi connectivity index (χ2n) is 20.5. The van der Waals surface area contributed by atoms with E-state index in [0.717, 1.165) is 11.3 Å². The highest BCUT2D eigenvalue weighted by Crippen LogP contribution is 2.37. The maximum absolute atomic E-state index is 14.2. The quantitative estimate of drug-likeness (QED) is 0.0725. The number of sulfonamides is 1. The number of hydrogen-bond acceptors (Lipinski definition) is 17. The molecule has 1 saturated heterocycles. The van der Waals surface area contributed by atoms with Crippen molar-refractivity contribution < 1.29 is 80.9 Å². The second-order valence-corrected chi connectivity index (χ2v) is 22.4. The molecule has 422 valence electrons. The Hall–Kier alpha value is -3.54. The molecule has 20 heteroatoms. The van der Waals surface area contributed by atoms with Gasteiger partial charge in [-0.05, 0) is 96.0 Å². The number of Topliss-reactive ketones (excluding diaryl/α,β-unsaturated/α-hetero) is 3. The Morgan fingerprint density at radius 1 is 0.878 bits per heavy atom. The number of rotatable bonds is 16. The van der Waals surface area contributed by atoms with Gasteiger partial charge in [0.2, 0.25) is 15.8 Å². The molecule has 6 unspecified atom stereocenters. The number of carbonyl (C=O) groups excluding carboxylic acids is 5. The van der Waals surface area contributed by atoms with Crippen LogP contribution >= 0.6 is 0 Å². The van der Waals surface area contributed by atoms with Crippen molar-refractivity contribution in [1.29, 1.82) is 0 Å². The summed E-state index contributed by atoms with van der Waals surface area (Å²) in [6.45, 7) is 12.0. The van der Waals surface area contributed by atoms with Gasteiger partial charge in [-0.25, -0.2) is 17.9 Å². The molecule has 3 aliphatic rings. The van der Waals surface area contributed by atoms with E-state index in [-0.39, 0.29) is 87.7 Å². The predicted octanol–water partition coefficient (Wildman–Crippen LogP) is 4.35. The minimum Gasteiger partial charge on any atom is -0.460 e. The van der Waals surface area contributed by atoms with E-state index in [2.05, 4.69) is 4.72 Å². The molecule has 2 bridgehead atoms. The van der Waals surface area contributed by atoms with Crippen LogP contribution in [0.5, 0.6) is 0 Å². The van der Waals surface area contributed by atoms with Crippen molar-refractivity contribution in [1.82, 2.24) is 9.62 Å². The molecule has 1 amide bonds. The van der Waals surface area contributed by atoms with Gasteiger partial charge in [-0.2, -0.15) is 0 Å². The number of amides is 1. The zero-order valence-corrected chi connectivity index (χ0v) is 46.5. The molecule has 1 saturated carbocycles. The first kappa shape index (κ1) is 64.7. The predicted molar refractivity (Wildman–Crippen MR) is 277 cm³/mol. The zero-order chi connectivity index (χ0) is 55.3. The van der Waals surface area contributed by atoms with Crippen LogP contribution in [-0.4, -0.2) is 180 Å². The summed E-state index contributed by atoms with van der Waals surface area (Å²) in [7, 11) is 1.72. The zero-order valence-electron chi connectivity index (χ0n) is 45.7. The van der Waals surface area contributed by atoms with Crippen molar-refractivity contribution in [2.75, 3.05) is 67.2 Å². The van der Waals surface area contributed by atoms with Gasteiger partial charge in [-0.1, -0.05) is 69.7 Å². The van der Waals surface area contributed by atoms with Gasteiger partial charge in [0.25, 0.3) is 11.7 Å². The number of esters is 1. The molecule has 1 aliphatic carbocycles. The molecule has 74 heavy (non-hydrogen) atoms. The summed E-state index contributed by atoms with van der Waals surface area (Å²) in [6, 6.07) is -2.26. The average molecular weight is 1070 g/mol. The van der Waals surface area contributed by atoms with Gasteiger partial charge in [0.15, 0.2) is 5.78 Å². The first-order valence-electron chi connectivity index (χ1n) is 26.1. The van der Waals surface area contributed by atoms with Crippen molar-refractivity contribution in [3.05, 3.63) is 47.6 Å². The monoisotopic (exact) mass is 1070 g/mol. The van der Waals surface area contributed by atoms with Crippen LogP contribution in [-0.2, 0) is 67.2 Å². The minimum atomic E-state index is -3.95. The topological polar surface area (TPSA) is 260 Å². The summed E-state index contributed by atoms with van der Waals surface area (Å²) < 4.78 is 69.3. The van der Waals surface area contributed by atoms with Crippen LogP contribution < -0.4 is 4.72 Å². The standard InChI is InChI=1S/C54H88N2O17S/c1-34-17-15-13-12-14-16-18-35(2)48(59)50(69-11)49(60)38(5)29-36(3)44(58)33-46(37(4)30-41-20-22-45(71-24-23-57)47(31-41)68-10)72-53(63)40(7)56(8)52(62)51(61)54(64)39(6)19-21-42(73-54)32-43(34)55-74(65,66)28-27-70-26-25-67-9/h12-15,17,29,35-37,39-43,45-47,49-50,55,57,60,64H,16,18-28,30-33H2,1-11H3/b14-12-,15-13-,34-17-,38-29-/t35?,36?,37-,39+,40?,41+,42-,43+,45-,46?,47-,49?,50?,54+/m1/s1. The Morgan fingerprint density at radius 3 is 2.26 bits per heavy atom. The summed E-state index contributed by atoms with van der Waals surface area (Å²) in [5, 5.41) is 32.7. The van der Waals surface area contributed by atoms with Crippen molar-refractivity contribution in [2.45, 2.75) is 167 Å². The van der Waals surface area contributed by atoms with Gasteiger partial charge in [-0.15, -0.1) is 0 Å². The van der Waals surface area contributed by atoms with Crippen LogP contribution in [0.4, 0.5) is 0 Å². The van der Waals surface area contributed by atoms with E-state index in [1.807, 2.05) is 13.0 Å². The smallest absolute Gasteiger partial charge is 0.328 e. The minimum absolute atomic E-state index is 0.0229. The van der Waals surface area contributed by atoms with Crippen LogP contribution in [0.25, 0.3) is 0 Å². The molecule has 3 rings (SSSR count). The number of aliphatic hydroxyl groups excluding tert-OH is 2. The van der Waals surface area contributed by atoms with E-state index in [1.54, 1.807) is 72.1 Å². The molecule has 0 radical (unpaired) electrons. The fourth-order valence-electron chi connectivity index (χ4n) is 9.70. The summed E-state index contributed by atoms with van der Waals surface area (Å²) in [5.74, 6) is -9.55. The maximum Gasteiger partial charge on any atom is 0.328 e. The molecule has 0 spiro atoms. The lowest BCUT2D eigenvalue weighted by molar-refractivity contribution is -0.263. The third kappa shape index (κ3) is 19.5. The van der Waals surface area contributed by atoms with E-state index in [4.69, 9.17) is 33.2 Å². The van der Waals surface area contributed by atoms with Crippen LogP contribution in [0, 0.1) is 29.6 Å². The summed E-state index contributed by atoms with van der Waals surface area (Å²) >= 11 is 0. The number of cyclic esters (lactones) is 1. The van der Waals surface area contributed by atoms with Gasteiger partial charge in [0.05, 0.1) is 57.1 Å². The highest BCUT2D eigenvalue weighted by Gasteiger charge is 2.52. The molecule has 2 aliphatic heterocycles. The maximum atomic E-state index is 14.2. The van der Waals surface area contributed by atoms with Crippen molar-refractivity contribution in [3.63, 3.8) is 0 Å². The largest absolute Gasteiger partial charge is 0.460 e. The third-order valence-electron chi connectivity index (χ3n) is 14.8. The first-order valence-corrected chi connectivity index (χ1v) is 27.8. The van der Waals surface area contributed by atoms with Gasteiger partial charge in [0, 0.05) is 58.6 Å². The second kappa shape index (κ2) is 31.6. The van der Waals surface area contributed by atoms with E-state index in [0.29, 0.717) is 49.7 Å². The Kier molecular flexibility index (Phi) is 27.7. The Bertz CT molecular complexity index is 2060. The molecule has 2 fully saturated rings. The number of aliphatic hydroxyl groups is 3. The molecule has 0 aromatic rings. The van der Waals surface area contributed by atoms with Crippen molar-refractivity contribution >= 4 is 39.2 Å². The molecule has 2 heterocycles. The summed E-state index contributed by atoms with van der Waals surface area (Å²) in [5.41, 5.74) is 0.919. The third-order valence-corrected chi connectivity index (χ3v) is 16.2. The fraction of sp³-hybridized carbons (Fsp3) is 0.759. The van der Waals surface area contributed by atoms with Gasteiger partial charge >= 0.3 is 5.97 Å². The number of fused-ring (bicyclic) bond motifs is 2. The number of hydrogen-bond donors (Lipinski definition) is 4. The van der Waals surface area contributed by atoms with Crippen LogP contribution in [0.3, 0.4) is 0 Å². The number of ketones is 3. The van der Waals surface area contributed by atoms with Crippen LogP contribution in [0.1, 0.15) is 113 Å². The molecular formula is C54H88N2O17S. The van der Waals surface area contributed by atoms with Crippen LogP contribution in [0.15, 0.2) is 47.6 Å². The Balaban J connectivity index is 2.03. The lowest BCUT2D eigenvalue weighted by Gasteiger charge is -2.42. The normalized spacial score (nSPS) is 35.3. The number of allylic oxidation sites excluding steroid dienone is 6. The van der Waals surface area contributed by atoms with Crippen LogP contribution in [0.2, 0.25) is 0 Å². The van der Waals surface area contributed by atoms with Crippen molar-refractivity contribution in [2.24, 2.45) is 29.6 Å². The number of nitrogens with zero attached hydrogens (tertiary/aromatic N) is 1. The fourth-order valence-corrected chi connectivity index (χ4v) is 10.9. The Labute approximate surface area is 439 Å². The number of ether oxygens (including phenoxy) is 7. The SMILES string of the molecule is COCCOCCS(=O)(=O)N[C@H]1C[C@H]2CC[C@H](C)[C@](O)(O2)C(=O)C(=O)N(C)C(C)C(=O)OC([C@H](C)C[C@@H]2CC[C@@H](OCCO)[C@H](OC)C2)CC(=O)C(C)/C=C(/C)C(O)C(OC)C(=O)C(C)CC\C=C/C=C\C=C/1C. The lowest BCUT2D eigenvalue weighted by Crippen LogP contribution is -2.59. The molecule has 19 nitrogen and oxygen atoms in total. The molecule has 0 aromatic heterocycles. The number of likely N-dealkylation sites (N-methyl/N-ethyl adjacent to an activating group) is 1. The Morgan fingerprint density at radius 2 is 1.59 bits per heavy atom. The van der Waals surface area contributed by atoms with Crippen molar-refractivity contribution in [3.8, 4) is 0 Å².